The van der Waals surface area contributed by atoms with Gasteiger partial charge in [-0.3, -0.25) is 9.99 Å². The first-order valence-corrected chi connectivity index (χ1v) is 13.5. The summed E-state index contributed by atoms with van der Waals surface area (Å²) >= 11 is 6.70. The van der Waals surface area contributed by atoms with Gasteiger partial charge >= 0.3 is 0 Å². The van der Waals surface area contributed by atoms with Crippen molar-refractivity contribution >= 4 is 33.9 Å². The highest BCUT2D eigenvalue weighted by Gasteiger charge is 2.56. The van der Waals surface area contributed by atoms with Gasteiger partial charge in [0.05, 0.1) is 33.5 Å². The third kappa shape index (κ3) is 5.60. The summed E-state index contributed by atoms with van der Waals surface area (Å²) in [4.78, 5) is 8.43. The van der Waals surface area contributed by atoms with Gasteiger partial charge in [-0.1, -0.05) is 37.4 Å². The summed E-state index contributed by atoms with van der Waals surface area (Å²) in [5, 5.41) is 18.9. The number of hydrogen-bond donors (Lipinski definition) is 5. The van der Waals surface area contributed by atoms with E-state index >= 15 is 0 Å². The number of aliphatic hydroxyl groups is 1. The van der Waals surface area contributed by atoms with Crippen LogP contribution in [0.3, 0.4) is 0 Å². The number of nitrogens with zero attached hydrogens (tertiary/aromatic N) is 3. The van der Waals surface area contributed by atoms with Gasteiger partial charge in [0.1, 0.15) is 5.54 Å². The van der Waals surface area contributed by atoms with Crippen molar-refractivity contribution in [3.8, 4) is 12.3 Å². The number of nitrogens with one attached hydrogen (secondary N) is 4. The fraction of sp³-hybridized carbons (Fsp3) is 0.379. The predicted molar refractivity (Wildman–Crippen MR) is 154 cm³/mol. The lowest BCUT2D eigenvalue weighted by molar-refractivity contribution is 0.00911. The van der Waals surface area contributed by atoms with Gasteiger partial charge in [0, 0.05) is 53.3 Å². The molecular weight excluding hydrogens is 555 g/mol. The van der Waals surface area contributed by atoms with Crippen LogP contribution in [0.25, 0.3) is 10.9 Å². The van der Waals surface area contributed by atoms with Crippen LogP contribution in [0.2, 0.25) is 5.02 Å². The van der Waals surface area contributed by atoms with E-state index < -0.39 is 29.4 Å². The van der Waals surface area contributed by atoms with E-state index in [1.807, 2.05) is 19.9 Å². The van der Waals surface area contributed by atoms with E-state index in [1.54, 1.807) is 31.5 Å². The molecule has 0 amide bonds. The SMILES string of the molecule is C#Cc1cnc2c(Cl)cc(N[C@H](C3=CN(C4(C(F)F)CC4)NN3)c3ccc(F)nc3C)cc2c1NCC(C)(C)CO. The van der Waals surface area contributed by atoms with Crippen LogP contribution in [0.1, 0.15) is 49.6 Å². The zero-order chi connectivity index (χ0) is 29.5. The third-order valence-corrected chi connectivity index (χ3v) is 7.80. The molecule has 1 aliphatic heterocycles. The number of aryl methyl sites for hydroxylation is 1. The van der Waals surface area contributed by atoms with E-state index in [2.05, 4.69) is 37.5 Å². The second-order valence-electron chi connectivity index (χ2n) is 11.2. The molecule has 1 aliphatic carbocycles. The van der Waals surface area contributed by atoms with Crippen LogP contribution in [0.5, 0.6) is 0 Å². The molecule has 41 heavy (non-hydrogen) atoms. The molecule has 0 radical (unpaired) electrons. The highest BCUT2D eigenvalue weighted by atomic mass is 35.5. The minimum absolute atomic E-state index is 0.0330. The van der Waals surface area contributed by atoms with Gasteiger partial charge in [-0.2, -0.15) is 4.39 Å². The van der Waals surface area contributed by atoms with Crippen molar-refractivity contribution in [1.29, 1.82) is 0 Å². The van der Waals surface area contributed by atoms with Crippen molar-refractivity contribution in [3.63, 3.8) is 0 Å². The zero-order valence-corrected chi connectivity index (χ0v) is 23.6. The summed E-state index contributed by atoms with van der Waals surface area (Å²) in [5.41, 5.74) is 8.01. The average Bonchev–Trinajstić information content (AvgIpc) is 3.61. The Morgan fingerprint density at radius 2 is 2.05 bits per heavy atom. The second kappa shape index (κ2) is 10.9. The second-order valence-corrected chi connectivity index (χ2v) is 11.6. The van der Waals surface area contributed by atoms with E-state index in [4.69, 9.17) is 18.0 Å². The first-order chi connectivity index (χ1) is 19.5. The number of hydrogen-bond acceptors (Lipinski definition) is 8. The van der Waals surface area contributed by atoms with Crippen molar-refractivity contribution in [3.05, 3.63) is 70.2 Å². The molecule has 0 spiro atoms. The summed E-state index contributed by atoms with van der Waals surface area (Å²) in [6.45, 7) is 5.91. The smallest absolute Gasteiger partial charge is 0.262 e. The maximum absolute atomic E-state index is 13.9. The molecule has 5 N–H and O–H groups in total. The van der Waals surface area contributed by atoms with Gasteiger partial charge in [0.25, 0.3) is 6.43 Å². The lowest BCUT2D eigenvalue weighted by atomic mass is 9.94. The van der Waals surface area contributed by atoms with Crippen LogP contribution in [-0.4, -0.2) is 45.2 Å². The summed E-state index contributed by atoms with van der Waals surface area (Å²) in [7, 11) is 0. The molecule has 1 aromatic carbocycles. The number of aliphatic hydroxyl groups excluding tert-OH is 1. The molecule has 1 saturated carbocycles. The fourth-order valence-corrected chi connectivity index (χ4v) is 5.04. The van der Waals surface area contributed by atoms with Gasteiger partial charge in [-0.25, -0.2) is 13.8 Å². The van der Waals surface area contributed by atoms with Crippen LogP contribution in [0.15, 0.2) is 42.4 Å². The van der Waals surface area contributed by atoms with E-state index in [9.17, 15) is 18.3 Å². The Bertz CT molecular complexity index is 1550. The standard InChI is InChI=1S/C29H31ClF3N7O/c1-5-17-12-34-25-20(24(17)35-14-28(3,4)15-41)10-18(11-21(25)30)37-26(19-6-7-23(31)36-16(19)2)22-13-40(39-38-22)29(8-9-29)27(32)33/h1,6-7,10-13,26-27,37-39,41H,8-9,14-15H2,2-4H3,(H,34,35)/t26-/m0/s1. The normalized spacial score (nSPS) is 16.8. The number of rotatable bonds is 10. The molecule has 3 heterocycles. The topological polar surface area (TPSA) is 97.4 Å². The number of aromatic nitrogens is 2. The van der Waals surface area contributed by atoms with Gasteiger partial charge in [0.15, 0.2) is 0 Å². The van der Waals surface area contributed by atoms with E-state index in [0.29, 0.717) is 69.2 Å². The van der Waals surface area contributed by atoms with Crippen LogP contribution in [0.4, 0.5) is 24.5 Å². The van der Waals surface area contributed by atoms with Crippen LogP contribution >= 0.6 is 11.6 Å². The minimum atomic E-state index is -2.54. The number of pyridine rings is 2. The van der Waals surface area contributed by atoms with E-state index in [1.165, 1.54) is 11.1 Å². The van der Waals surface area contributed by atoms with Crippen LogP contribution in [0, 0.1) is 30.6 Å². The molecule has 0 saturated heterocycles. The lowest BCUT2D eigenvalue weighted by Gasteiger charge is -2.25. The number of halogens is 4. The van der Waals surface area contributed by atoms with Gasteiger partial charge in [0.2, 0.25) is 5.95 Å². The Morgan fingerprint density at radius 1 is 1.29 bits per heavy atom. The zero-order valence-electron chi connectivity index (χ0n) is 22.8. The maximum atomic E-state index is 13.9. The molecule has 5 rings (SSSR count). The van der Waals surface area contributed by atoms with Crippen molar-refractivity contribution in [2.75, 3.05) is 23.8 Å². The molecule has 2 aliphatic rings. The average molecular weight is 586 g/mol. The van der Waals surface area contributed by atoms with Crippen molar-refractivity contribution in [2.24, 2.45) is 5.41 Å². The Hall–Kier alpha value is -3.72. The van der Waals surface area contributed by atoms with Gasteiger partial charge < -0.3 is 21.2 Å². The Labute approximate surface area is 241 Å². The molecule has 2 aromatic heterocycles. The molecule has 12 heteroatoms. The molecule has 1 fully saturated rings. The number of anilines is 2. The van der Waals surface area contributed by atoms with Crippen molar-refractivity contribution in [1.82, 2.24) is 25.9 Å². The molecule has 3 aromatic rings. The third-order valence-electron chi connectivity index (χ3n) is 7.51. The highest BCUT2D eigenvalue weighted by molar-refractivity contribution is 6.35. The monoisotopic (exact) mass is 585 g/mol. The van der Waals surface area contributed by atoms with E-state index in [-0.39, 0.29) is 6.61 Å². The quantitative estimate of drug-likeness (QED) is 0.162. The number of hydrazine groups is 2. The predicted octanol–water partition coefficient (Wildman–Crippen LogP) is 5.26. The Kier molecular flexibility index (Phi) is 7.68. The highest BCUT2D eigenvalue weighted by Crippen LogP contribution is 2.47. The number of alkyl halides is 2. The summed E-state index contributed by atoms with van der Waals surface area (Å²) in [5.74, 6) is 2.02. The number of terminal acetylenes is 1. The van der Waals surface area contributed by atoms with Gasteiger partial charge in [-0.05, 0) is 38.0 Å². The molecule has 8 nitrogen and oxygen atoms in total. The first kappa shape index (κ1) is 28.8. The summed E-state index contributed by atoms with van der Waals surface area (Å²) in [6, 6.07) is 5.75. The van der Waals surface area contributed by atoms with Crippen LogP contribution in [-0.2, 0) is 0 Å². The first-order valence-electron chi connectivity index (χ1n) is 13.1. The van der Waals surface area contributed by atoms with E-state index in [0.717, 1.165) is 0 Å². The Morgan fingerprint density at radius 3 is 2.68 bits per heavy atom. The fourth-order valence-electron chi connectivity index (χ4n) is 4.77. The largest absolute Gasteiger partial charge is 0.396 e. The summed E-state index contributed by atoms with van der Waals surface area (Å²) in [6.07, 6.45) is 7.12. The molecular formula is C29H31ClF3N7O. The lowest BCUT2D eigenvalue weighted by Crippen LogP contribution is -2.48. The Balaban J connectivity index is 1.57. The van der Waals surface area contributed by atoms with Gasteiger partial charge in [-0.15, -0.1) is 12.0 Å². The maximum Gasteiger partial charge on any atom is 0.262 e. The van der Waals surface area contributed by atoms with Crippen molar-refractivity contribution in [2.45, 2.75) is 51.6 Å². The minimum Gasteiger partial charge on any atom is -0.396 e. The van der Waals surface area contributed by atoms with Crippen molar-refractivity contribution < 1.29 is 18.3 Å². The molecule has 216 valence electrons. The molecule has 0 bridgehead atoms. The molecule has 1 atom stereocenters. The molecule has 0 unspecified atom stereocenters. The number of benzene rings is 1. The summed E-state index contributed by atoms with van der Waals surface area (Å²) < 4.78 is 41.6. The van der Waals surface area contributed by atoms with Crippen LogP contribution < -0.4 is 21.6 Å². The number of fused-ring (bicyclic) bond motifs is 1.